The molecule has 2 heterocycles. The minimum absolute atomic E-state index is 0.572. The highest BCUT2D eigenvalue weighted by Crippen LogP contribution is 2.22. The lowest BCUT2D eigenvalue weighted by Gasteiger charge is -2.26. The van der Waals surface area contributed by atoms with E-state index in [0.29, 0.717) is 12.4 Å². The van der Waals surface area contributed by atoms with Crippen molar-refractivity contribution in [3.8, 4) is 0 Å². The van der Waals surface area contributed by atoms with Crippen LogP contribution in [0.15, 0.2) is 60.9 Å². The fourth-order valence-corrected chi connectivity index (χ4v) is 3.71. The summed E-state index contributed by atoms with van der Waals surface area (Å²) in [5, 5.41) is 19.0. The maximum atomic E-state index is 10.8. The summed E-state index contributed by atoms with van der Waals surface area (Å²) in [5.41, 5.74) is 3.29. The van der Waals surface area contributed by atoms with Gasteiger partial charge in [0.05, 0.1) is 6.54 Å². The van der Waals surface area contributed by atoms with Crippen molar-refractivity contribution in [2.45, 2.75) is 38.5 Å². The first kappa shape index (κ1) is 17.9. The minimum Gasteiger partial charge on any atom is -0.380 e. The van der Waals surface area contributed by atoms with Gasteiger partial charge in [-0.1, -0.05) is 61.0 Å². The summed E-state index contributed by atoms with van der Waals surface area (Å²) in [4.78, 5) is 2.51. The highest BCUT2D eigenvalue weighted by Gasteiger charge is 2.18. The number of hydrogen-bond donors (Lipinski definition) is 1. The molecular weight excluding hydrogens is 336 g/mol. The number of benzene rings is 2. The molecule has 5 nitrogen and oxygen atoms in total. The van der Waals surface area contributed by atoms with Crippen LogP contribution in [-0.2, 0) is 13.1 Å². The van der Waals surface area contributed by atoms with Crippen LogP contribution >= 0.6 is 0 Å². The van der Waals surface area contributed by atoms with E-state index in [9.17, 15) is 5.11 Å². The molecule has 1 N–H and O–H groups in total. The molecule has 3 aromatic rings. The van der Waals surface area contributed by atoms with Gasteiger partial charge in [-0.3, -0.25) is 4.90 Å². The Balaban J connectivity index is 1.45. The predicted molar refractivity (Wildman–Crippen MR) is 105 cm³/mol. The highest BCUT2D eigenvalue weighted by atomic mass is 16.3. The number of aliphatic hydroxyl groups is 1. The normalized spacial score (nSPS) is 16.3. The van der Waals surface area contributed by atoms with Gasteiger partial charge in [-0.25, -0.2) is 0 Å². The second-order valence-corrected chi connectivity index (χ2v) is 7.28. The van der Waals surface area contributed by atoms with Gasteiger partial charge in [0.2, 0.25) is 0 Å². The van der Waals surface area contributed by atoms with E-state index in [1.807, 2.05) is 34.9 Å². The van der Waals surface area contributed by atoms with Gasteiger partial charge in [0, 0.05) is 6.54 Å². The summed E-state index contributed by atoms with van der Waals surface area (Å²) < 4.78 is 1.90. The van der Waals surface area contributed by atoms with Crippen LogP contribution in [0.2, 0.25) is 0 Å². The number of aliphatic hydroxyl groups excluding tert-OH is 1. The SMILES string of the molecule is OC(c1ccc(CN2CCCCC2)cc1)c1nncn1Cc1ccccc1. The Morgan fingerprint density at radius 1 is 0.852 bits per heavy atom. The molecule has 27 heavy (non-hydrogen) atoms. The molecular formula is C22H26N4O. The van der Waals surface area contributed by atoms with Crippen LogP contribution in [0.25, 0.3) is 0 Å². The first-order chi connectivity index (χ1) is 13.3. The average molecular weight is 362 g/mol. The topological polar surface area (TPSA) is 54.2 Å². The molecule has 1 atom stereocenters. The first-order valence-corrected chi connectivity index (χ1v) is 9.70. The summed E-state index contributed by atoms with van der Waals surface area (Å²) in [6.45, 7) is 4.01. The zero-order valence-corrected chi connectivity index (χ0v) is 15.5. The van der Waals surface area contributed by atoms with Crippen LogP contribution in [0.3, 0.4) is 0 Å². The molecule has 1 aliphatic heterocycles. The molecule has 5 heteroatoms. The lowest BCUT2D eigenvalue weighted by Crippen LogP contribution is -2.29. The number of nitrogens with zero attached hydrogens (tertiary/aromatic N) is 4. The summed E-state index contributed by atoms with van der Waals surface area (Å²) in [7, 11) is 0. The fourth-order valence-electron chi connectivity index (χ4n) is 3.71. The van der Waals surface area contributed by atoms with Gasteiger partial charge in [0.1, 0.15) is 12.4 Å². The fraction of sp³-hybridized carbons (Fsp3) is 0.364. The summed E-state index contributed by atoms with van der Waals surface area (Å²) in [5.74, 6) is 0.572. The zero-order chi connectivity index (χ0) is 18.5. The van der Waals surface area contributed by atoms with E-state index in [1.54, 1.807) is 6.33 Å². The number of rotatable bonds is 6. The number of piperidine rings is 1. The van der Waals surface area contributed by atoms with Crippen molar-refractivity contribution in [3.63, 3.8) is 0 Å². The van der Waals surface area contributed by atoms with Crippen molar-refractivity contribution in [2.24, 2.45) is 0 Å². The average Bonchev–Trinajstić information content (AvgIpc) is 3.18. The minimum atomic E-state index is -0.778. The van der Waals surface area contributed by atoms with Crippen LogP contribution in [0.4, 0.5) is 0 Å². The van der Waals surface area contributed by atoms with Crippen LogP contribution in [0.5, 0.6) is 0 Å². The van der Waals surface area contributed by atoms with E-state index >= 15 is 0 Å². The Labute approximate surface area is 160 Å². The molecule has 140 valence electrons. The van der Waals surface area contributed by atoms with Gasteiger partial charge < -0.3 is 9.67 Å². The van der Waals surface area contributed by atoms with E-state index in [-0.39, 0.29) is 0 Å². The van der Waals surface area contributed by atoms with Crippen molar-refractivity contribution < 1.29 is 5.11 Å². The Kier molecular flexibility index (Phi) is 5.61. The molecule has 1 aliphatic rings. The van der Waals surface area contributed by atoms with Gasteiger partial charge in [0.25, 0.3) is 0 Å². The number of hydrogen-bond acceptors (Lipinski definition) is 4. The molecule has 0 radical (unpaired) electrons. The predicted octanol–water partition coefficient (Wildman–Crippen LogP) is 3.39. The number of aromatic nitrogens is 3. The lowest BCUT2D eigenvalue weighted by atomic mass is 10.0. The highest BCUT2D eigenvalue weighted by molar-refractivity contribution is 5.27. The summed E-state index contributed by atoms with van der Waals surface area (Å²) in [6.07, 6.45) is 4.85. The van der Waals surface area contributed by atoms with Gasteiger partial charge in [-0.15, -0.1) is 10.2 Å². The largest absolute Gasteiger partial charge is 0.380 e. The van der Waals surface area contributed by atoms with E-state index in [2.05, 4.69) is 39.4 Å². The standard InChI is InChI=1S/C22H26N4O/c27-21(22-24-23-17-26(22)16-18-7-3-1-4-8-18)20-11-9-19(10-12-20)15-25-13-5-2-6-14-25/h1,3-4,7-12,17,21,27H,2,5-6,13-16H2. The van der Waals surface area contributed by atoms with Gasteiger partial charge >= 0.3 is 0 Å². The second kappa shape index (κ2) is 8.46. The Bertz CT molecular complexity index is 838. The lowest BCUT2D eigenvalue weighted by molar-refractivity contribution is 0.204. The molecule has 1 saturated heterocycles. The number of likely N-dealkylation sites (tertiary alicyclic amines) is 1. The van der Waals surface area contributed by atoms with Gasteiger partial charge in [-0.05, 0) is 42.6 Å². The van der Waals surface area contributed by atoms with Crippen LogP contribution in [0, 0.1) is 0 Å². The molecule has 1 unspecified atom stereocenters. The summed E-state index contributed by atoms with van der Waals surface area (Å²) >= 11 is 0. The van der Waals surface area contributed by atoms with Crippen LogP contribution in [0.1, 0.15) is 47.9 Å². The van der Waals surface area contributed by atoms with E-state index < -0.39 is 6.10 Å². The quantitative estimate of drug-likeness (QED) is 0.730. The molecule has 2 aromatic carbocycles. The third kappa shape index (κ3) is 4.43. The van der Waals surface area contributed by atoms with Crippen molar-refractivity contribution >= 4 is 0 Å². The van der Waals surface area contributed by atoms with Crippen LogP contribution < -0.4 is 0 Å². The Hall–Kier alpha value is -2.50. The molecule has 1 aromatic heterocycles. The molecule has 0 saturated carbocycles. The van der Waals surface area contributed by atoms with Crippen LogP contribution in [-0.4, -0.2) is 37.9 Å². The Morgan fingerprint density at radius 2 is 1.56 bits per heavy atom. The van der Waals surface area contributed by atoms with Crippen molar-refractivity contribution in [3.05, 3.63) is 83.4 Å². The molecule has 0 spiro atoms. The molecule has 0 aliphatic carbocycles. The zero-order valence-electron chi connectivity index (χ0n) is 15.5. The van der Waals surface area contributed by atoms with Crippen molar-refractivity contribution in [2.75, 3.05) is 13.1 Å². The smallest absolute Gasteiger partial charge is 0.166 e. The molecule has 1 fully saturated rings. The van der Waals surface area contributed by atoms with Gasteiger partial charge in [-0.2, -0.15) is 0 Å². The van der Waals surface area contributed by atoms with Gasteiger partial charge in [0.15, 0.2) is 5.82 Å². The maximum Gasteiger partial charge on any atom is 0.166 e. The van der Waals surface area contributed by atoms with Crippen molar-refractivity contribution in [1.82, 2.24) is 19.7 Å². The monoisotopic (exact) mass is 362 g/mol. The third-order valence-corrected chi connectivity index (χ3v) is 5.24. The molecule has 4 rings (SSSR count). The van der Waals surface area contributed by atoms with E-state index in [4.69, 9.17) is 0 Å². The first-order valence-electron chi connectivity index (χ1n) is 9.70. The molecule has 0 bridgehead atoms. The summed E-state index contributed by atoms with van der Waals surface area (Å²) in [6, 6.07) is 18.4. The van der Waals surface area contributed by atoms with Crippen molar-refractivity contribution in [1.29, 1.82) is 0 Å². The Morgan fingerprint density at radius 3 is 2.30 bits per heavy atom. The maximum absolute atomic E-state index is 10.8. The second-order valence-electron chi connectivity index (χ2n) is 7.28. The molecule has 0 amide bonds. The van der Waals surface area contributed by atoms with E-state index in [1.165, 1.54) is 37.9 Å². The third-order valence-electron chi connectivity index (χ3n) is 5.24. The van der Waals surface area contributed by atoms with E-state index in [0.717, 1.165) is 17.7 Å².